The van der Waals surface area contributed by atoms with E-state index in [1.807, 2.05) is 25.1 Å². The molecule has 3 aromatic rings. The highest BCUT2D eigenvalue weighted by atomic mass is 16.5. The second kappa shape index (κ2) is 8.52. The summed E-state index contributed by atoms with van der Waals surface area (Å²) in [4.78, 5) is 32.0. The fraction of sp³-hybridized carbons (Fsp3) is 0.227. The average Bonchev–Trinajstić information content (AvgIpc) is 2.71. The Labute approximate surface area is 163 Å². The van der Waals surface area contributed by atoms with Crippen molar-refractivity contribution in [2.24, 2.45) is 0 Å². The lowest BCUT2D eigenvalue weighted by Gasteiger charge is -2.14. The van der Waals surface area contributed by atoms with Crippen molar-refractivity contribution < 1.29 is 9.53 Å². The van der Waals surface area contributed by atoms with Gasteiger partial charge in [0.05, 0.1) is 12.2 Å². The van der Waals surface area contributed by atoms with E-state index < -0.39 is 0 Å². The molecule has 28 heavy (non-hydrogen) atoms. The smallest absolute Gasteiger partial charge is 0.255 e. The molecule has 0 aliphatic heterocycles. The topological polar surface area (TPSA) is 84.1 Å². The number of benzene rings is 2. The molecule has 0 radical (unpaired) electrons. The number of H-pyrrole nitrogens is 1. The molecule has 0 bridgehead atoms. The number of rotatable bonds is 6. The molecule has 3 rings (SSSR count). The summed E-state index contributed by atoms with van der Waals surface area (Å²) in [5.41, 5.74) is 2.82. The Balaban J connectivity index is 2.00. The Hall–Kier alpha value is -3.41. The average molecular weight is 377 g/mol. The van der Waals surface area contributed by atoms with Crippen molar-refractivity contribution in [3.05, 3.63) is 75.7 Å². The first-order chi connectivity index (χ1) is 13.5. The number of nitrogens with one attached hydrogen (secondary N) is 2. The Bertz CT molecular complexity index is 1040. The van der Waals surface area contributed by atoms with Crippen LogP contribution in [0.5, 0.6) is 5.75 Å². The molecular weight excluding hydrogens is 354 g/mol. The lowest BCUT2D eigenvalue weighted by Crippen LogP contribution is -2.15. The van der Waals surface area contributed by atoms with Gasteiger partial charge < -0.3 is 15.0 Å². The summed E-state index contributed by atoms with van der Waals surface area (Å²) < 4.78 is 5.82. The summed E-state index contributed by atoms with van der Waals surface area (Å²) in [5.74, 6) is 0.802. The van der Waals surface area contributed by atoms with Gasteiger partial charge in [-0.3, -0.25) is 9.59 Å². The zero-order valence-electron chi connectivity index (χ0n) is 16.2. The van der Waals surface area contributed by atoms with E-state index in [0.29, 0.717) is 46.3 Å². The van der Waals surface area contributed by atoms with Crippen molar-refractivity contribution in [2.45, 2.75) is 27.2 Å². The SMILES string of the molecule is CCCOc1ccc(NC(=O)c2ccccc2)cc1-c1nc(C)c(C)c(=O)[nH]1. The minimum Gasteiger partial charge on any atom is -0.493 e. The van der Waals surface area contributed by atoms with Gasteiger partial charge >= 0.3 is 0 Å². The number of hydrogen-bond donors (Lipinski definition) is 2. The van der Waals surface area contributed by atoms with E-state index in [4.69, 9.17) is 4.74 Å². The van der Waals surface area contributed by atoms with Gasteiger partial charge in [0.1, 0.15) is 11.6 Å². The molecule has 1 amide bonds. The normalized spacial score (nSPS) is 10.5. The fourth-order valence-corrected chi connectivity index (χ4v) is 2.70. The first kappa shape index (κ1) is 19.4. The van der Waals surface area contributed by atoms with Crippen molar-refractivity contribution in [3.8, 4) is 17.1 Å². The number of ether oxygens (including phenoxy) is 1. The van der Waals surface area contributed by atoms with Crippen LogP contribution in [0.2, 0.25) is 0 Å². The summed E-state index contributed by atoms with van der Waals surface area (Å²) in [6.45, 7) is 6.08. The third kappa shape index (κ3) is 4.28. The zero-order valence-corrected chi connectivity index (χ0v) is 16.2. The molecule has 144 valence electrons. The monoisotopic (exact) mass is 377 g/mol. The van der Waals surface area contributed by atoms with Crippen molar-refractivity contribution >= 4 is 11.6 Å². The molecule has 0 fully saturated rings. The molecule has 1 heterocycles. The highest BCUT2D eigenvalue weighted by Crippen LogP contribution is 2.31. The maximum absolute atomic E-state index is 12.5. The van der Waals surface area contributed by atoms with Crippen LogP contribution < -0.4 is 15.6 Å². The molecule has 0 spiro atoms. The van der Waals surface area contributed by atoms with Crippen LogP contribution in [-0.2, 0) is 0 Å². The molecule has 0 saturated heterocycles. The third-order valence-corrected chi connectivity index (χ3v) is 4.38. The molecule has 0 unspecified atom stereocenters. The van der Waals surface area contributed by atoms with E-state index in [1.54, 1.807) is 44.2 Å². The van der Waals surface area contributed by atoms with Crippen molar-refractivity contribution in [2.75, 3.05) is 11.9 Å². The van der Waals surface area contributed by atoms with Crippen molar-refractivity contribution in [3.63, 3.8) is 0 Å². The number of nitrogens with zero attached hydrogens (tertiary/aromatic N) is 1. The van der Waals surface area contributed by atoms with Crippen molar-refractivity contribution in [1.29, 1.82) is 0 Å². The Morgan fingerprint density at radius 1 is 1.14 bits per heavy atom. The number of carbonyl (C=O) groups is 1. The molecule has 2 aromatic carbocycles. The summed E-state index contributed by atoms with van der Waals surface area (Å²) in [5, 5.41) is 2.88. The van der Waals surface area contributed by atoms with Gasteiger partial charge in [0.25, 0.3) is 11.5 Å². The fourth-order valence-electron chi connectivity index (χ4n) is 2.70. The Morgan fingerprint density at radius 3 is 2.57 bits per heavy atom. The van der Waals surface area contributed by atoms with Crippen LogP contribution in [0.4, 0.5) is 5.69 Å². The van der Waals surface area contributed by atoms with Gasteiger partial charge in [-0.1, -0.05) is 25.1 Å². The minimum absolute atomic E-state index is 0.192. The van der Waals surface area contributed by atoms with Crippen LogP contribution in [-0.4, -0.2) is 22.5 Å². The van der Waals surface area contributed by atoms with E-state index >= 15 is 0 Å². The van der Waals surface area contributed by atoms with Crippen LogP contribution in [0.15, 0.2) is 53.3 Å². The molecule has 2 N–H and O–H groups in total. The molecule has 0 saturated carbocycles. The largest absolute Gasteiger partial charge is 0.493 e. The van der Waals surface area contributed by atoms with E-state index in [2.05, 4.69) is 15.3 Å². The lowest BCUT2D eigenvalue weighted by molar-refractivity contribution is 0.102. The molecule has 6 heteroatoms. The van der Waals surface area contributed by atoms with Gasteiger partial charge in [-0.25, -0.2) is 4.98 Å². The molecule has 6 nitrogen and oxygen atoms in total. The number of carbonyl (C=O) groups excluding carboxylic acids is 1. The van der Waals surface area contributed by atoms with Crippen LogP contribution in [0.3, 0.4) is 0 Å². The van der Waals surface area contributed by atoms with E-state index in [1.165, 1.54) is 0 Å². The van der Waals surface area contributed by atoms with Crippen LogP contribution in [0, 0.1) is 13.8 Å². The van der Waals surface area contributed by atoms with Gasteiger partial charge in [0, 0.05) is 22.5 Å². The predicted octanol–water partition coefficient (Wildman–Crippen LogP) is 4.09. The quantitative estimate of drug-likeness (QED) is 0.677. The molecule has 0 aliphatic rings. The van der Waals surface area contributed by atoms with Crippen LogP contribution in [0.1, 0.15) is 35.0 Å². The number of hydrogen-bond acceptors (Lipinski definition) is 4. The minimum atomic E-state index is -0.213. The zero-order chi connectivity index (χ0) is 20.1. The summed E-state index contributed by atoms with van der Waals surface area (Å²) in [7, 11) is 0. The summed E-state index contributed by atoms with van der Waals surface area (Å²) in [6.07, 6.45) is 0.850. The molecular formula is C22H23N3O3. The number of aromatic nitrogens is 2. The van der Waals surface area contributed by atoms with Crippen molar-refractivity contribution in [1.82, 2.24) is 9.97 Å². The molecule has 0 aliphatic carbocycles. The molecule has 0 atom stereocenters. The summed E-state index contributed by atoms with van der Waals surface area (Å²) >= 11 is 0. The number of anilines is 1. The van der Waals surface area contributed by atoms with E-state index in [9.17, 15) is 9.59 Å². The maximum atomic E-state index is 12.5. The Kier molecular flexibility index (Phi) is 5.89. The number of aryl methyl sites for hydroxylation is 1. The standard InChI is InChI=1S/C22H23N3O3/c1-4-12-28-19-11-10-17(24-22(27)16-8-6-5-7-9-16)13-18(19)20-23-15(3)14(2)21(26)25-20/h5-11,13H,4,12H2,1-3H3,(H,24,27)(H,23,25,26). The summed E-state index contributed by atoms with van der Waals surface area (Å²) in [6, 6.07) is 14.3. The molecule has 1 aromatic heterocycles. The van der Waals surface area contributed by atoms with E-state index in [0.717, 1.165) is 6.42 Å². The van der Waals surface area contributed by atoms with Gasteiger partial charge in [-0.05, 0) is 50.6 Å². The highest BCUT2D eigenvalue weighted by molar-refractivity contribution is 6.04. The first-order valence-electron chi connectivity index (χ1n) is 9.20. The first-order valence-corrected chi connectivity index (χ1v) is 9.20. The number of aromatic amines is 1. The Morgan fingerprint density at radius 2 is 1.89 bits per heavy atom. The second-order valence-corrected chi connectivity index (χ2v) is 6.50. The lowest BCUT2D eigenvalue weighted by atomic mass is 10.1. The van der Waals surface area contributed by atoms with Crippen LogP contribution >= 0.6 is 0 Å². The maximum Gasteiger partial charge on any atom is 0.255 e. The predicted molar refractivity (Wildman–Crippen MR) is 110 cm³/mol. The van der Waals surface area contributed by atoms with E-state index in [-0.39, 0.29) is 11.5 Å². The van der Waals surface area contributed by atoms with Gasteiger partial charge in [0.15, 0.2) is 0 Å². The highest BCUT2D eigenvalue weighted by Gasteiger charge is 2.14. The number of amides is 1. The third-order valence-electron chi connectivity index (χ3n) is 4.38. The van der Waals surface area contributed by atoms with Crippen LogP contribution in [0.25, 0.3) is 11.4 Å². The van der Waals surface area contributed by atoms with Gasteiger partial charge in [0.2, 0.25) is 0 Å². The van der Waals surface area contributed by atoms with Gasteiger partial charge in [-0.15, -0.1) is 0 Å². The van der Waals surface area contributed by atoms with Gasteiger partial charge in [-0.2, -0.15) is 0 Å². The second-order valence-electron chi connectivity index (χ2n) is 6.50.